The maximum atomic E-state index is 12.2. The zero-order valence-electron chi connectivity index (χ0n) is 12.3. The molecular formula is C15H24N2O3. The Hall–Kier alpha value is -1.36. The second-order valence-corrected chi connectivity index (χ2v) is 5.73. The molecular weight excluding hydrogens is 256 g/mol. The van der Waals surface area contributed by atoms with Crippen LogP contribution >= 0.6 is 0 Å². The number of carbonyl (C=O) groups excluding carboxylic acids is 1. The SMILES string of the molecule is Cc1noc(C)c1CC(=O)NC1CCCCCC1CO. The maximum Gasteiger partial charge on any atom is 0.224 e. The molecule has 2 unspecified atom stereocenters. The van der Waals surface area contributed by atoms with Gasteiger partial charge >= 0.3 is 0 Å². The molecule has 1 aliphatic rings. The molecule has 5 heteroatoms. The smallest absolute Gasteiger partial charge is 0.224 e. The van der Waals surface area contributed by atoms with E-state index in [1.54, 1.807) is 0 Å². The summed E-state index contributed by atoms with van der Waals surface area (Å²) in [5.74, 6) is 0.882. The van der Waals surface area contributed by atoms with Crippen molar-refractivity contribution in [1.29, 1.82) is 0 Å². The maximum absolute atomic E-state index is 12.2. The molecule has 0 aromatic carbocycles. The molecule has 1 aromatic heterocycles. The fraction of sp³-hybridized carbons (Fsp3) is 0.733. The number of hydrogen-bond acceptors (Lipinski definition) is 4. The highest BCUT2D eigenvalue weighted by Gasteiger charge is 2.25. The fourth-order valence-corrected chi connectivity index (χ4v) is 2.97. The van der Waals surface area contributed by atoms with Gasteiger partial charge in [-0.15, -0.1) is 0 Å². The summed E-state index contributed by atoms with van der Waals surface area (Å²) in [6, 6.07) is 0.0930. The van der Waals surface area contributed by atoms with Crippen LogP contribution in [-0.2, 0) is 11.2 Å². The van der Waals surface area contributed by atoms with Crippen LogP contribution in [0.25, 0.3) is 0 Å². The first-order chi connectivity index (χ1) is 9.61. The van der Waals surface area contributed by atoms with E-state index in [2.05, 4.69) is 10.5 Å². The summed E-state index contributed by atoms with van der Waals surface area (Å²) in [6.07, 6.45) is 5.70. The molecule has 0 bridgehead atoms. The van der Waals surface area contributed by atoms with Crippen LogP contribution in [0.15, 0.2) is 4.52 Å². The van der Waals surface area contributed by atoms with Crippen molar-refractivity contribution in [1.82, 2.24) is 10.5 Å². The molecule has 112 valence electrons. The Bertz CT molecular complexity index is 436. The van der Waals surface area contributed by atoms with Crippen molar-refractivity contribution < 1.29 is 14.4 Å². The third-order valence-electron chi connectivity index (χ3n) is 4.26. The third kappa shape index (κ3) is 3.60. The van der Waals surface area contributed by atoms with E-state index in [0.717, 1.165) is 36.9 Å². The predicted octanol–water partition coefficient (Wildman–Crippen LogP) is 1.89. The summed E-state index contributed by atoms with van der Waals surface area (Å²) in [6.45, 7) is 3.82. The number of nitrogens with one attached hydrogen (secondary N) is 1. The van der Waals surface area contributed by atoms with E-state index in [1.807, 2.05) is 13.8 Å². The Morgan fingerprint density at radius 3 is 2.75 bits per heavy atom. The van der Waals surface area contributed by atoms with Crippen LogP contribution in [0.3, 0.4) is 0 Å². The van der Waals surface area contributed by atoms with Crippen LogP contribution in [0.4, 0.5) is 0 Å². The average Bonchev–Trinajstić information content (AvgIpc) is 2.65. The standard InChI is InChI=1S/C15H24N2O3/c1-10-13(11(2)20-17-10)8-15(19)16-14-7-5-3-4-6-12(14)9-18/h12,14,18H,3-9H2,1-2H3,(H,16,19). The van der Waals surface area contributed by atoms with Crippen molar-refractivity contribution in [3.05, 3.63) is 17.0 Å². The number of aryl methyl sites for hydroxylation is 2. The Morgan fingerprint density at radius 2 is 2.10 bits per heavy atom. The Kier molecular flexibility index (Phi) is 5.17. The van der Waals surface area contributed by atoms with Crippen LogP contribution in [-0.4, -0.2) is 28.8 Å². The first kappa shape index (κ1) is 15.0. The normalized spacial score (nSPS) is 23.4. The number of rotatable bonds is 4. The average molecular weight is 280 g/mol. The van der Waals surface area contributed by atoms with Crippen LogP contribution in [0, 0.1) is 19.8 Å². The molecule has 0 spiro atoms. The van der Waals surface area contributed by atoms with E-state index in [0.29, 0.717) is 12.2 Å². The number of nitrogens with zero attached hydrogens (tertiary/aromatic N) is 1. The monoisotopic (exact) mass is 280 g/mol. The summed E-state index contributed by atoms with van der Waals surface area (Å²) in [5.41, 5.74) is 1.65. The van der Waals surface area contributed by atoms with Gasteiger partial charge in [0.15, 0.2) is 0 Å². The van der Waals surface area contributed by atoms with Gasteiger partial charge in [-0.1, -0.05) is 24.4 Å². The van der Waals surface area contributed by atoms with Gasteiger partial charge in [-0.25, -0.2) is 0 Å². The number of aliphatic hydroxyl groups excluding tert-OH is 1. The van der Waals surface area contributed by atoms with Gasteiger partial charge in [0.2, 0.25) is 5.91 Å². The minimum absolute atomic E-state index is 0.00949. The molecule has 2 atom stereocenters. The summed E-state index contributed by atoms with van der Waals surface area (Å²) in [7, 11) is 0. The summed E-state index contributed by atoms with van der Waals surface area (Å²) >= 11 is 0. The fourth-order valence-electron chi connectivity index (χ4n) is 2.97. The van der Waals surface area contributed by atoms with Gasteiger partial charge in [-0.05, 0) is 26.7 Å². The second-order valence-electron chi connectivity index (χ2n) is 5.73. The number of carbonyl (C=O) groups is 1. The predicted molar refractivity (Wildman–Crippen MR) is 75.3 cm³/mol. The van der Waals surface area contributed by atoms with E-state index in [1.165, 1.54) is 6.42 Å². The summed E-state index contributed by atoms with van der Waals surface area (Å²) in [4.78, 5) is 12.2. The van der Waals surface area contributed by atoms with Crippen molar-refractivity contribution in [3.8, 4) is 0 Å². The highest BCUT2D eigenvalue weighted by atomic mass is 16.5. The molecule has 1 saturated carbocycles. The van der Waals surface area contributed by atoms with Gasteiger partial charge in [0.05, 0.1) is 12.1 Å². The third-order valence-corrected chi connectivity index (χ3v) is 4.26. The molecule has 1 heterocycles. The van der Waals surface area contributed by atoms with Gasteiger partial charge < -0.3 is 14.9 Å². The molecule has 1 amide bonds. The summed E-state index contributed by atoms with van der Waals surface area (Å²) < 4.78 is 5.08. The molecule has 20 heavy (non-hydrogen) atoms. The number of aliphatic hydroxyl groups is 1. The molecule has 0 radical (unpaired) electrons. The van der Waals surface area contributed by atoms with Gasteiger partial charge in [0.1, 0.15) is 5.76 Å². The molecule has 2 rings (SSSR count). The second kappa shape index (κ2) is 6.88. The topological polar surface area (TPSA) is 75.4 Å². The molecule has 1 aromatic rings. The Morgan fingerprint density at radius 1 is 1.35 bits per heavy atom. The zero-order chi connectivity index (χ0) is 14.5. The molecule has 1 fully saturated rings. The van der Waals surface area contributed by atoms with Crippen molar-refractivity contribution in [3.63, 3.8) is 0 Å². The quantitative estimate of drug-likeness (QED) is 0.826. The summed E-state index contributed by atoms with van der Waals surface area (Å²) in [5, 5.41) is 16.4. The first-order valence-corrected chi connectivity index (χ1v) is 7.43. The number of hydrogen-bond donors (Lipinski definition) is 2. The Labute approximate surface area is 119 Å². The van der Waals surface area contributed by atoms with E-state index < -0.39 is 0 Å². The van der Waals surface area contributed by atoms with Gasteiger partial charge in [-0.3, -0.25) is 4.79 Å². The minimum Gasteiger partial charge on any atom is -0.396 e. The van der Waals surface area contributed by atoms with Crippen molar-refractivity contribution in [2.45, 2.75) is 58.4 Å². The lowest BCUT2D eigenvalue weighted by atomic mass is 9.95. The lowest BCUT2D eigenvalue weighted by Gasteiger charge is -2.24. The van der Waals surface area contributed by atoms with Gasteiger partial charge in [0, 0.05) is 24.1 Å². The van der Waals surface area contributed by atoms with E-state index >= 15 is 0 Å². The largest absolute Gasteiger partial charge is 0.396 e. The van der Waals surface area contributed by atoms with Crippen LogP contribution in [0.2, 0.25) is 0 Å². The number of amides is 1. The highest BCUT2D eigenvalue weighted by molar-refractivity contribution is 5.79. The van der Waals surface area contributed by atoms with Crippen LogP contribution < -0.4 is 5.32 Å². The van der Waals surface area contributed by atoms with Crippen molar-refractivity contribution in [2.24, 2.45) is 5.92 Å². The molecule has 0 saturated heterocycles. The van der Waals surface area contributed by atoms with Crippen LogP contribution in [0.5, 0.6) is 0 Å². The van der Waals surface area contributed by atoms with Gasteiger partial charge in [-0.2, -0.15) is 0 Å². The van der Waals surface area contributed by atoms with E-state index in [4.69, 9.17) is 4.52 Å². The lowest BCUT2D eigenvalue weighted by molar-refractivity contribution is -0.121. The van der Waals surface area contributed by atoms with Crippen molar-refractivity contribution in [2.75, 3.05) is 6.61 Å². The van der Waals surface area contributed by atoms with E-state index in [-0.39, 0.29) is 24.5 Å². The molecule has 0 aliphatic heterocycles. The first-order valence-electron chi connectivity index (χ1n) is 7.43. The zero-order valence-corrected chi connectivity index (χ0v) is 12.3. The Balaban J connectivity index is 1.96. The molecule has 2 N–H and O–H groups in total. The highest BCUT2D eigenvalue weighted by Crippen LogP contribution is 2.23. The van der Waals surface area contributed by atoms with Crippen LogP contribution in [0.1, 0.15) is 49.1 Å². The molecule has 1 aliphatic carbocycles. The number of aromatic nitrogens is 1. The molecule has 5 nitrogen and oxygen atoms in total. The van der Waals surface area contributed by atoms with Gasteiger partial charge in [0.25, 0.3) is 0 Å². The lowest BCUT2D eigenvalue weighted by Crippen LogP contribution is -2.41. The van der Waals surface area contributed by atoms with Crippen molar-refractivity contribution >= 4 is 5.91 Å². The minimum atomic E-state index is -0.00949. The van der Waals surface area contributed by atoms with E-state index in [9.17, 15) is 9.90 Å².